The number of fused-ring (bicyclic) bond motifs is 2. The number of hydrogen-bond acceptors (Lipinski definition) is 1. The molecular weight excluding hydrogens is 439 g/mol. The van der Waals surface area contributed by atoms with Crippen LogP contribution in [-0.4, -0.2) is 7.11 Å². The molecule has 160 valence electrons. The second kappa shape index (κ2) is 7.07. The molecule has 0 saturated carbocycles. The van der Waals surface area contributed by atoms with Gasteiger partial charge in [-0.2, -0.15) is 8.78 Å². The number of methoxy groups -OCH3 is 1. The lowest BCUT2D eigenvalue weighted by molar-refractivity contribution is 0.334. The Morgan fingerprint density at radius 1 is 0.581 bits per heavy atom. The zero-order valence-corrected chi connectivity index (χ0v) is 15.1. The van der Waals surface area contributed by atoms with Gasteiger partial charge in [0.05, 0.1) is 12.7 Å². The summed E-state index contributed by atoms with van der Waals surface area (Å²) in [5.74, 6) is -19.8. The average molecular weight is 446 g/mol. The minimum atomic E-state index is -2.36. The summed E-state index contributed by atoms with van der Waals surface area (Å²) < 4.78 is 134. The minimum Gasteiger partial charge on any atom is -0.491 e. The highest BCUT2D eigenvalue weighted by Crippen LogP contribution is 2.45. The van der Waals surface area contributed by atoms with Crippen molar-refractivity contribution < 1.29 is 44.3 Å². The third kappa shape index (κ3) is 2.74. The van der Waals surface area contributed by atoms with Gasteiger partial charge in [0.15, 0.2) is 40.7 Å². The molecule has 4 aromatic rings. The molecule has 0 radical (unpaired) electrons. The van der Waals surface area contributed by atoms with E-state index in [2.05, 4.69) is 4.74 Å². The van der Waals surface area contributed by atoms with Gasteiger partial charge in [-0.1, -0.05) is 12.1 Å². The van der Waals surface area contributed by atoms with Crippen molar-refractivity contribution >= 4 is 21.5 Å². The molecule has 0 N–H and O–H groups in total. The molecule has 31 heavy (non-hydrogen) atoms. The van der Waals surface area contributed by atoms with Gasteiger partial charge in [-0.3, -0.25) is 0 Å². The summed E-state index contributed by atoms with van der Waals surface area (Å²) >= 11 is 0. The van der Waals surface area contributed by atoms with Gasteiger partial charge in [0.2, 0.25) is 11.6 Å². The molecule has 4 aromatic carbocycles. The Morgan fingerprint density at radius 2 is 1.16 bits per heavy atom. The molecule has 0 unspecified atom stereocenters. The van der Waals surface area contributed by atoms with Crippen LogP contribution in [0, 0.1) is 52.4 Å². The van der Waals surface area contributed by atoms with E-state index in [0.29, 0.717) is 13.2 Å². The molecule has 0 fully saturated rings. The van der Waals surface area contributed by atoms with Crippen LogP contribution in [0.2, 0.25) is 0 Å². The lowest BCUT2D eigenvalue weighted by atomic mass is 9.90. The van der Waals surface area contributed by atoms with Gasteiger partial charge in [-0.05, 0) is 17.5 Å². The smallest absolute Gasteiger partial charge is 0.204 e. The predicted molar refractivity (Wildman–Crippen MR) is 93.1 cm³/mol. The second-order valence-electron chi connectivity index (χ2n) is 6.43. The van der Waals surface area contributed by atoms with Gasteiger partial charge in [-0.25, -0.2) is 30.7 Å². The predicted octanol–water partition coefficient (Wildman–Crippen LogP) is 6.92. The first-order chi connectivity index (χ1) is 14.6. The maximum atomic E-state index is 14.8. The molecular formula is C21H7F9O. The number of hydrogen-bond donors (Lipinski definition) is 0. The Hall–Kier alpha value is -3.43. The third-order valence-electron chi connectivity index (χ3n) is 4.83. The van der Waals surface area contributed by atoms with Crippen LogP contribution in [0.5, 0.6) is 5.75 Å². The lowest BCUT2D eigenvalue weighted by Crippen LogP contribution is -2.06. The fourth-order valence-corrected chi connectivity index (χ4v) is 3.49. The van der Waals surface area contributed by atoms with E-state index in [1.807, 2.05) is 0 Å². The van der Waals surface area contributed by atoms with Crippen molar-refractivity contribution in [2.24, 2.45) is 0 Å². The highest BCUT2D eigenvalue weighted by Gasteiger charge is 2.32. The fraction of sp³-hybridized carbons (Fsp3) is 0.0476. The van der Waals surface area contributed by atoms with Crippen molar-refractivity contribution in [1.29, 1.82) is 0 Å². The summed E-state index contributed by atoms with van der Waals surface area (Å²) in [4.78, 5) is 0. The molecule has 0 aliphatic heterocycles. The highest BCUT2D eigenvalue weighted by atomic mass is 19.2. The molecule has 0 atom stereocenters. The van der Waals surface area contributed by atoms with Crippen molar-refractivity contribution in [3.05, 3.63) is 76.6 Å². The maximum absolute atomic E-state index is 14.8. The molecule has 0 saturated heterocycles. The molecule has 0 aliphatic rings. The van der Waals surface area contributed by atoms with Crippen molar-refractivity contribution in [2.75, 3.05) is 7.11 Å². The minimum absolute atomic E-state index is 0.331. The molecule has 0 aliphatic carbocycles. The maximum Gasteiger partial charge on any atom is 0.204 e. The number of benzene rings is 4. The summed E-state index contributed by atoms with van der Waals surface area (Å²) in [6.45, 7) is 0. The number of rotatable bonds is 2. The fourth-order valence-electron chi connectivity index (χ4n) is 3.49. The van der Waals surface area contributed by atoms with E-state index in [-0.39, 0.29) is 5.39 Å². The second-order valence-corrected chi connectivity index (χ2v) is 6.43. The summed E-state index contributed by atoms with van der Waals surface area (Å²) in [5.41, 5.74) is -2.89. The van der Waals surface area contributed by atoms with Crippen LogP contribution < -0.4 is 4.74 Å². The molecule has 0 aromatic heterocycles. The standard InChI is InChI=1S/C21H7F9O/c1-31-21-19(29)15(25)12(16(26)20(21)30)11-9-6(3-2-4-8(9)22)5-7-10(11)14(24)18(28)17(27)13(7)23/h2-5H,1H3. The molecule has 0 heterocycles. The van der Waals surface area contributed by atoms with Gasteiger partial charge >= 0.3 is 0 Å². The van der Waals surface area contributed by atoms with E-state index in [1.54, 1.807) is 0 Å². The van der Waals surface area contributed by atoms with Gasteiger partial charge in [0, 0.05) is 21.7 Å². The molecule has 0 bridgehead atoms. The van der Waals surface area contributed by atoms with Crippen LogP contribution in [0.15, 0.2) is 24.3 Å². The molecule has 10 heteroatoms. The van der Waals surface area contributed by atoms with Gasteiger partial charge in [-0.15, -0.1) is 0 Å². The monoisotopic (exact) mass is 446 g/mol. The van der Waals surface area contributed by atoms with Crippen molar-refractivity contribution in [3.63, 3.8) is 0 Å². The van der Waals surface area contributed by atoms with E-state index in [9.17, 15) is 39.5 Å². The largest absolute Gasteiger partial charge is 0.491 e. The summed E-state index contributed by atoms with van der Waals surface area (Å²) in [6.07, 6.45) is 0. The average Bonchev–Trinajstić information content (AvgIpc) is 2.75. The molecule has 1 nitrogen and oxygen atoms in total. The van der Waals surface area contributed by atoms with Crippen LogP contribution in [0.3, 0.4) is 0 Å². The SMILES string of the molecule is COc1c(F)c(F)c(-c2c3c(F)cccc3cc3c(F)c(F)c(F)c(F)c23)c(F)c1F. The first kappa shape index (κ1) is 20.8. The van der Waals surface area contributed by atoms with E-state index in [1.165, 1.54) is 0 Å². The van der Waals surface area contributed by atoms with Crippen LogP contribution in [0.25, 0.3) is 32.7 Å². The normalized spacial score (nSPS) is 11.5. The Balaban J connectivity index is 2.40. The first-order valence-corrected chi connectivity index (χ1v) is 8.38. The lowest BCUT2D eigenvalue weighted by Gasteiger charge is -2.17. The Morgan fingerprint density at radius 3 is 1.74 bits per heavy atom. The van der Waals surface area contributed by atoms with E-state index in [4.69, 9.17) is 0 Å². The summed E-state index contributed by atoms with van der Waals surface area (Å²) in [6, 6.07) is 3.65. The molecule has 0 amide bonds. The summed E-state index contributed by atoms with van der Waals surface area (Å²) in [5, 5.41) is -3.47. The third-order valence-corrected chi connectivity index (χ3v) is 4.83. The van der Waals surface area contributed by atoms with Crippen molar-refractivity contribution in [1.82, 2.24) is 0 Å². The van der Waals surface area contributed by atoms with Gasteiger partial charge < -0.3 is 4.74 Å². The quantitative estimate of drug-likeness (QED) is 0.141. The summed E-state index contributed by atoms with van der Waals surface area (Å²) in [7, 11) is 0.709. The van der Waals surface area contributed by atoms with E-state index in [0.717, 1.165) is 18.2 Å². The van der Waals surface area contributed by atoms with Crippen molar-refractivity contribution in [2.45, 2.75) is 0 Å². The van der Waals surface area contributed by atoms with Gasteiger partial charge in [0.25, 0.3) is 0 Å². The number of halogens is 9. The van der Waals surface area contributed by atoms with Crippen LogP contribution in [-0.2, 0) is 0 Å². The van der Waals surface area contributed by atoms with E-state index < -0.39 is 85.4 Å². The first-order valence-electron chi connectivity index (χ1n) is 8.38. The Kier molecular flexibility index (Phi) is 4.75. The zero-order chi connectivity index (χ0) is 22.8. The van der Waals surface area contributed by atoms with Crippen LogP contribution in [0.4, 0.5) is 39.5 Å². The van der Waals surface area contributed by atoms with Crippen LogP contribution >= 0.6 is 0 Å². The molecule has 4 rings (SSSR count). The number of ether oxygens (including phenoxy) is 1. The Labute approximate surface area is 167 Å². The van der Waals surface area contributed by atoms with Crippen molar-refractivity contribution in [3.8, 4) is 16.9 Å². The van der Waals surface area contributed by atoms with E-state index >= 15 is 0 Å². The topological polar surface area (TPSA) is 9.23 Å². The Bertz CT molecular complexity index is 1380. The van der Waals surface area contributed by atoms with Crippen LogP contribution in [0.1, 0.15) is 0 Å². The highest BCUT2D eigenvalue weighted by molar-refractivity contribution is 6.13. The molecule has 0 spiro atoms. The van der Waals surface area contributed by atoms with Gasteiger partial charge in [0.1, 0.15) is 5.82 Å². The zero-order valence-electron chi connectivity index (χ0n) is 15.1.